The van der Waals surface area contributed by atoms with Crippen LogP contribution in [0.2, 0.25) is 0 Å². The Morgan fingerprint density at radius 2 is 2.05 bits per heavy atom. The van der Waals surface area contributed by atoms with E-state index in [-0.39, 0.29) is 12.5 Å². The van der Waals surface area contributed by atoms with Gasteiger partial charge in [0.2, 0.25) is 0 Å². The standard InChI is InChI=1S/C16H18N2O3/c1-11-6-7-12(2)16(13(11)3)21-10-15(19)18-17-9-14-5-4-8-20-14/h4-9H,10H2,1-3H3,(H,18,19)/b17-9+. The second kappa shape index (κ2) is 6.74. The summed E-state index contributed by atoms with van der Waals surface area (Å²) in [5.41, 5.74) is 5.57. The first-order chi connectivity index (χ1) is 10.1. The molecule has 1 aromatic carbocycles. The lowest BCUT2D eigenvalue weighted by molar-refractivity contribution is -0.123. The number of nitrogens with zero attached hydrogens (tertiary/aromatic N) is 1. The number of aryl methyl sites for hydroxylation is 2. The molecule has 0 saturated carbocycles. The van der Waals surface area contributed by atoms with Crippen molar-refractivity contribution in [3.05, 3.63) is 53.0 Å². The summed E-state index contributed by atoms with van der Waals surface area (Å²) in [6.45, 7) is 5.86. The smallest absolute Gasteiger partial charge is 0.277 e. The fourth-order valence-corrected chi connectivity index (χ4v) is 1.85. The SMILES string of the molecule is Cc1ccc(C)c(OCC(=O)N/N=C/c2ccco2)c1C. The van der Waals surface area contributed by atoms with Crippen LogP contribution in [-0.4, -0.2) is 18.7 Å². The third-order valence-corrected chi connectivity index (χ3v) is 3.15. The molecule has 0 fully saturated rings. The lowest BCUT2D eigenvalue weighted by Crippen LogP contribution is -2.25. The summed E-state index contributed by atoms with van der Waals surface area (Å²) < 4.78 is 10.6. The van der Waals surface area contributed by atoms with Crippen molar-refractivity contribution in [3.8, 4) is 5.75 Å². The van der Waals surface area contributed by atoms with Gasteiger partial charge in [-0.2, -0.15) is 5.10 Å². The Morgan fingerprint density at radius 1 is 1.29 bits per heavy atom. The van der Waals surface area contributed by atoms with E-state index in [0.29, 0.717) is 5.76 Å². The Kier molecular flexibility index (Phi) is 4.77. The topological polar surface area (TPSA) is 63.8 Å². The summed E-state index contributed by atoms with van der Waals surface area (Å²) >= 11 is 0. The van der Waals surface area contributed by atoms with Crippen LogP contribution >= 0.6 is 0 Å². The molecule has 0 bridgehead atoms. The van der Waals surface area contributed by atoms with Gasteiger partial charge in [0.25, 0.3) is 5.91 Å². The number of hydrogen-bond acceptors (Lipinski definition) is 4. The predicted octanol–water partition coefficient (Wildman–Crippen LogP) is 2.73. The van der Waals surface area contributed by atoms with Crippen LogP contribution in [-0.2, 0) is 4.79 Å². The first kappa shape index (κ1) is 14.8. The molecule has 0 aliphatic carbocycles. The number of benzene rings is 1. The van der Waals surface area contributed by atoms with Crippen LogP contribution < -0.4 is 10.2 Å². The van der Waals surface area contributed by atoms with E-state index in [4.69, 9.17) is 9.15 Å². The van der Waals surface area contributed by atoms with E-state index in [1.54, 1.807) is 12.1 Å². The summed E-state index contributed by atoms with van der Waals surface area (Å²) in [6.07, 6.45) is 2.97. The maximum Gasteiger partial charge on any atom is 0.277 e. The normalized spacial score (nSPS) is 10.8. The zero-order valence-corrected chi connectivity index (χ0v) is 12.3. The van der Waals surface area contributed by atoms with Crippen LogP contribution in [0.4, 0.5) is 0 Å². The van der Waals surface area contributed by atoms with E-state index >= 15 is 0 Å². The van der Waals surface area contributed by atoms with Gasteiger partial charge >= 0.3 is 0 Å². The molecule has 0 aliphatic heterocycles. The third kappa shape index (κ3) is 3.95. The van der Waals surface area contributed by atoms with Crippen molar-refractivity contribution >= 4 is 12.1 Å². The molecule has 1 heterocycles. The minimum atomic E-state index is -0.321. The number of rotatable bonds is 5. The molecule has 5 nitrogen and oxygen atoms in total. The minimum Gasteiger partial charge on any atom is -0.483 e. The largest absolute Gasteiger partial charge is 0.483 e. The summed E-state index contributed by atoms with van der Waals surface area (Å²) in [7, 11) is 0. The summed E-state index contributed by atoms with van der Waals surface area (Å²) in [4.78, 5) is 11.7. The van der Waals surface area contributed by atoms with Crippen molar-refractivity contribution in [1.29, 1.82) is 0 Å². The first-order valence-corrected chi connectivity index (χ1v) is 6.63. The van der Waals surface area contributed by atoms with Gasteiger partial charge in [0, 0.05) is 0 Å². The zero-order chi connectivity index (χ0) is 15.2. The van der Waals surface area contributed by atoms with Gasteiger partial charge < -0.3 is 9.15 Å². The van der Waals surface area contributed by atoms with Gasteiger partial charge in [-0.15, -0.1) is 0 Å². The Morgan fingerprint density at radius 3 is 2.76 bits per heavy atom. The van der Waals surface area contributed by atoms with Gasteiger partial charge in [-0.3, -0.25) is 4.79 Å². The van der Waals surface area contributed by atoms with Gasteiger partial charge in [-0.25, -0.2) is 5.43 Å². The van der Waals surface area contributed by atoms with Crippen LogP contribution in [0.5, 0.6) is 5.75 Å². The van der Waals surface area contributed by atoms with Gasteiger partial charge in [-0.1, -0.05) is 12.1 Å². The Labute approximate surface area is 123 Å². The molecule has 0 aliphatic rings. The second-order valence-corrected chi connectivity index (χ2v) is 4.75. The van der Waals surface area contributed by atoms with Crippen LogP contribution in [0, 0.1) is 20.8 Å². The van der Waals surface area contributed by atoms with Gasteiger partial charge in [0.15, 0.2) is 6.61 Å². The molecule has 1 amide bonds. The average molecular weight is 286 g/mol. The molecule has 0 atom stereocenters. The van der Waals surface area contributed by atoms with Gasteiger partial charge in [-0.05, 0) is 49.6 Å². The number of ether oxygens (including phenoxy) is 1. The molecule has 1 N–H and O–H groups in total. The minimum absolute atomic E-state index is 0.0827. The van der Waals surface area contributed by atoms with E-state index < -0.39 is 0 Å². The van der Waals surface area contributed by atoms with E-state index in [1.165, 1.54) is 12.5 Å². The zero-order valence-electron chi connectivity index (χ0n) is 12.3. The molecule has 0 radical (unpaired) electrons. The van der Waals surface area contributed by atoms with Crippen molar-refractivity contribution in [2.75, 3.05) is 6.61 Å². The molecule has 5 heteroatoms. The monoisotopic (exact) mass is 286 g/mol. The van der Waals surface area contributed by atoms with Crippen LogP contribution in [0.15, 0.2) is 40.0 Å². The molecule has 2 rings (SSSR count). The first-order valence-electron chi connectivity index (χ1n) is 6.63. The Balaban J connectivity index is 1.88. The summed E-state index contributed by atoms with van der Waals surface area (Å²) in [6, 6.07) is 7.50. The van der Waals surface area contributed by atoms with Crippen molar-refractivity contribution in [2.24, 2.45) is 5.10 Å². The lowest BCUT2D eigenvalue weighted by atomic mass is 10.1. The fraction of sp³-hybridized carbons (Fsp3) is 0.250. The fourth-order valence-electron chi connectivity index (χ4n) is 1.85. The molecular formula is C16H18N2O3. The van der Waals surface area contributed by atoms with E-state index in [9.17, 15) is 4.79 Å². The van der Waals surface area contributed by atoms with Gasteiger partial charge in [0.05, 0.1) is 12.5 Å². The van der Waals surface area contributed by atoms with Gasteiger partial charge in [0.1, 0.15) is 11.5 Å². The van der Waals surface area contributed by atoms with Crippen LogP contribution in [0.25, 0.3) is 0 Å². The molecule has 1 aromatic heterocycles. The van der Waals surface area contributed by atoms with Crippen molar-refractivity contribution in [3.63, 3.8) is 0 Å². The number of furan rings is 1. The Hall–Kier alpha value is -2.56. The number of carbonyl (C=O) groups excluding carboxylic acids is 1. The number of hydrogen-bond donors (Lipinski definition) is 1. The highest BCUT2D eigenvalue weighted by atomic mass is 16.5. The summed E-state index contributed by atoms with van der Waals surface area (Å²) in [5.74, 6) is 1.000. The van der Waals surface area contributed by atoms with Crippen molar-refractivity contribution in [2.45, 2.75) is 20.8 Å². The number of nitrogens with one attached hydrogen (secondary N) is 1. The highest BCUT2D eigenvalue weighted by molar-refractivity contribution is 5.81. The molecule has 0 unspecified atom stereocenters. The number of carbonyl (C=O) groups is 1. The predicted molar refractivity (Wildman–Crippen MR) is 80.6 cm³/mol. The second-order valence-electron chi connectivity index (χ2n) is 4.75. The number of hydrazone groups is 1. The van der Waals surface area contributed by atoms with Crippen LogP contribution in [0.3, 0.4) is 0 Å². The number of amides is 1. The Bertz CT molecular complexity index is 646. The molecule has 0 saturated heterocycles. The van der Waals surface area contributed by atoms with E-state index in [1.807, 2.05) is 32.9 Å². The van der Waals surface area contributed by atoms with Crippen molar-refractivity contribution in [1.82, 2.24) is 5.43 Å². The highest BCUT2D eigenvalue weighted by Gasteiger charge is 2.08. The molecule has 2 aromatic rings. The molecular weight excluding hydrogens is 268 g/mol. The van der Waals surface area contributed by atoms with E-state index in [2.05, 4.69) is 10.5 Å². The van der Waals surface area contributed by atoms with E-state index in [0.717, 1.165) is 22.4 Å². The van der Waals surface area contributed by atoms with Crippen LogP contribution in [0.1, 0.15) is 22.5 Å². The maximum absolute atomic E-state index is 11.7. The lowest BCUT2D eigenvalue weighted by Gasteiger charge is -2.13. The molecule has 21 heavy (non-hydrogen) atoms. The summed E-state index contributed by atoms with van der Waals surface area (Å²) in [5, 5.41) is 3.79. The third-order valence-electron chi connectivity index (χ3n) is 3.15. The average Bonchev–Trinajstić information content (AvgIpc) is 2.96. The molecule has 110 valence electrons. The highest BCUT2D eigenvalue weighted by Crippen LogP contribution is 2.25. The van der Waals surface area contributed by atoms with Crippen molar-refractivity contribution < 1.29 is 13.9 Å². The maximum atomic E-state index is 11.7. The quantitative estimate of drug-likeness (QED) is 0.679. The molecule has 0 spiro atoms.